The second kappa shape index (κ2) is 3.68. The lowest BCUT2D eigenvalue weighted by molar-refractivity contribution is -0.281. The highest BCUT2D eigenvalue weighted by Gasteiger charge is 2.41. The first-order valence-electron chi connectivity index (χ1n) is 3.95. The summed E-state index contributed by atoms with van der Waals surface area (Å²) < 4.78 is 4.83. The minimum Gasteiger partial charge on any atom is -0.388 e. The first-order valence-corrected chi connectivity index (χ1v) is 3.95. The molecule has 1 aliphatic rings. The van der Waals surface area contributed by atoms with Crippen molar-refractivity contribution in [2.24, 2.45) is 0 Å². The molecule has 5 heteroatoms. The maximum atomic E-state index is 9.28. The summed E-state index contributed by atoms with van der Waals surface area (Å²) in [5.74, 6) is 0. The molecule has 0 amide bonds. The molecule has 5 atom stereocenters. The molecule has 1 saturated heterocycles. The zero-order valence-corrected chi connectivity index (χ0v) is 6.79. The molecule has 0 aromatic heterocycles. The van der Waals surface area contributed by atoms with E-state index >= 15 is 0 Å². The van der Waals surface area contributed by atoms with E-state index in [2.05, 4.69) is 0 Å². The summed E-state index contributed by atoms with van der Waals surface area (Å²) in [6, 6.07) is 0. The van der Waals surface area contributed by atoms with Crippen molar-refractivity contribution in [1.82, 2.24) is 0 Å². The molecule has 0 spiro atoms. The molecule has 1 rings (SSSR count). The lowest BCUT2D eigenvalue weighted by atomic mass is 9.97. The third-order valence-electron chi connectivity index (χ3n) is 2.09. The van der Waals surface area contributed by atoms with E-state index in [0.29, 0.717) is 6.42 Å². The highest BCUT2D eigenvalue weighted by atomic mass is 16.6. The summed E-state index contributed by atoms with van der Waals surface area (Å²) in [5.41, 5.74) is 0. The van der Waals surface area contributed by atoms with Crippen molar-refractivity contribution in [3.8, 4) is 0 Å². The average molecular weight is 178 g/mol. The maximum absolute atomic E-state index is 9.28. The van der Waals surface area contributed by atoms with Gasteiger partial charge in [0, 0.05) is 0 Å². The third kappa shape index (κ3) is 1.60. The van der Waals surface area contributed by atoms with Crippen LogP contribution in [0.5, 0.6) is 0 Å². The van der Waals surface area contributed by atoms with Gasteiger partial charge in [-0.2, -0.15) is 0 Å². The van der Waals surface area contributed by atoms with E-state index in [9.17, 15) is 10.2 Å². The summed E-state index contributed by atoms with van der Waals surface area (Å²) in [6.07, 6.45) is -5.44. The van der Waals surface area contributed by atoms with Gasteiger partial charge in [-0.25, -0.2) is 0 Å². The van der Waals surface area contributed by atoms with Crippen LogP contribution < -0.4 is 0 Å². The zero-order chi connectivity index (χ0) is 9.30. The lowest BCUT2D eigenvalue weighted by Crippen LogP contribution is -2.57. The fourth-order valence-corrected chi connectivity index (χ4v) is 1.27. The van der Waals surface area contributed by atoms with E-state index in [1.807, 2.05) is 0 Å². The monoisotopic (exact) mass is 178 g/mol. The van der Waals surface area contributed by atoms with Crippen molar-refractivity contribution in [3.05, 3.63) is 0 Å². The van der Waals surface area contributed by atoms with Crippen LogP contribution in [0.2, 0.25) is 0 Å². The van der Waals surface area contributed by atoms with Crippen LogP contribution in [0.1, 0.15) is 13.3 Å². The number of hydrogen-bond donors (Lipinski definition) is 4. The van der Waals surface area contributed by atoms with Crippen LogP contribution in [0.25, 0.3) is 0 Å². The Morgan fingerprint density at radius 1 is 1.00 bits per heavy atom. The summed E-state index contributed by atoms with van der Waals surface area (Å²) >= 11 is 0. The van der Waals surface area contributed by atoms with Gasteiger partial charge in [0.15, 0.2) is 6.29 Å². The van der Waals surface area contributed by atoms with Gasteiger partial charge in [0.25, 0.3) is 0 Å². The molecule has 0 saturated carbocycles. The maximum Gasteiger partial charge on any atom is 0.183 e. The van der Waals surface area contributed by atoms with Gasteiger partial charge < -0.3 is 25.2 Å². The summed E-state index contributed by atoms with van der Waals surface area (Å²) in [5, 5.41) is 36.5. The van der Waals surface area contributed by atoms with Gasteiger partial charge in [0.1, 0.15) is 18.3 Å². The van der Waals surface area contributed by atoms with E-state index in [1.54, 1.807) is 6.92 Å². The Bertz CT molecular complexity index is 146. The van der Waals surface area contributed by atoms with Crippen LogP contribution >= 0.6 is 0 Å². The Morgan fingerprint density at radius 3 is 2.08 bits per heavy atom. The van der Waals surface area contributed by atoms with Crippen LogP contribution in [0.4, 0.5) is 0 Å². The van der Waals surface area contributed by atoms with Crippen molar-refractivity contribution in [1.29, 1.82) is 0 Å². The third-order valence-corrected chi connectivity index (χ3v) is 2.09. The SMILES string of the molecule is CC[C@@H]1OC(O)[C@H](O)[C@@H](O)C1O. The minimum atomic E-state index is -1.43. The van der Waals surface area contributed by atoms with Gasteiger partial charge in [-0.05, 0) is 6.42 Å². The highest BCUT2D eigenvalue weighted by molar-refractivity contribution is 4.87. The number of aliphatic hydroxyl groups excluding tert-OH is 4. The molecule has 1 fully saturated rings. The number of aliphatic hydroxyl groups is 4. The summed E-state index contributed by atoms with van der Waals surface area (Å²) in [7, 11) is 0. The standard InChI is InChI=1S/C7H14O5/c1-2-3-4(8)5(9)6(10)7(11)12-3/h3-11H,2H2,1H3/t3-,4?,5-,6+,7?/m0/s1. The Kier molecular flexibility index (Phi) is 3.03. The van der Waals surface area contributed by atoms with Crippen molar-refractivity contribution < 1.29 is 25.2 Å². The van der Waals surface area contributed by atoms with E-state index < -0.39 is 30.7 Å². The molecular formula is C7H14O5. The molecular weight excluding hydrogens is 164 g/mol. The van der Waals surface area contributed by atoms with Crippen LogP contribution in [0, 0.1) is 0 Å². The van der Waals surface area contributed by atoms with E-state index in [0.717, 1.165) is 0 Å². The molecule has 2 unspecified atom stereocenters. The first kappa shape index (κ1) is 9.88. The number of rotatable bonds is 1. The largest absolute Gasteiger partial charge is 0.388 e. The highest BCUT2D eigenvalue weighted by Crippen LogP contribution is 2.21. The molecule has 12 heavy (non-hydrogen) atoms. The quantitative estimate of drug-likeness (QED) is 0.380. The predicted octanol–water partition coefficient (Wildman–Crippen LogP) is -1.80. The first-order chi connectivity index (χ1) is 5.57. The summed E-state index contributed by atoms with van der Waals surface area (Å²) in [4.78, 5) is 0. The van der Waals surface area contributed by atoms with Gasteiger partial charge in [-0.15, -0.1) is 0 Å². The molecule has 1 aliphatic heterocycles. The fourth-order valence-electron chi connectivity index (χ4n) is 1.27. The second-order valence-corrected chi connectivity index (χ2v) is 2.95. The summed E-state index contributed by atoms with van der Waals surface area (Å²) in [6.45, 7) is 1.75. The second-order valence-electron chi connectivity index (χ2n) is 2.95. The van der Waals surface area contributed by atoms with Gasteiger partial charge in [0.2, 0.25) is 0 Å². The van der Waals surface area contributed by atoms with Crippen LogP contribution in [0.3, 0.4) is 0 Å². The normalized spacial score (nSPS) is 49.2. The van der Waals surface area contributed by atoms with E-state index in [4.69, 9.17) is 14.9 Å². The van der Waals surface area contributed by atoms with E-state index in [1.165, 1.54) is 0 Å². The molecule has 0 aromatic carbocycles. The van der Waals surface area contributed by atoms with Crippen molar-refractivity contribution in [2.75, 3.05) is 0 Å². The molecule has 4 N–H and O–H groups in total. The van der Waals surface area contributed by atoms with Crippen LogP contribution in [-0.2, 0) is 4.74 Å². The molecule has 0 aliphatic carbocycles. The average Bonchev–Trinajstić information content (AvgIpc) is 2.08. The Hall–Kier alpha value is -0.200. The Balaban J connectivity index is 2.63. The molecule has 0 radical (unpaired) electrons. The molecule has 5 nitrogen and oxygen atoms in total. The van der Waals surface area contributed by atoms with Gasteiger partial charge in [-0.1, -0.05) is 6.92 Å². The smallest absolute Gasteiger partial charge is 0.183 e. The van der Waals surface area contributed by atoms with Gasteiger partial charge in [0.05, 0.1) is 6.10 Å². The Morgan fingerprint density at radius 2 is 1.58 bits per heavy atom. The lowest BCUT2D eigenvalue weighted by Gasteiger charge is -2.37. The topological polar surface area (TPSA) is 90.2 Å². The van der Waals surface area contributed by atoms with Crippen molar-refractivity contribution in [2.45, 2.75) is 44.1 Å². The van der Waals surface area contributed by atoms with Gasteiger partial charge >= 0.3 is 0 Å². The van der Waals surface area contributed by atoms with Crippen molar-refractivity contribution in [3.63, 3.8) is 0 Å². The van der Waals surface area contributed by atoms with Crippen LogP contribution in [-0.4, -0.2) is 51.1 Å². The molecule has 1 heterocycles. The minimum absolute atomic E-state index is 0.474. The molecule has 0 aromatic rings. The van der Waals surface area contributed by atoms with Crippen LogP contribution in [0.15, 0.2) is 0 Å². The fraction of sp³-hybridized carbons (Fsp3) is 1.00. The Labute approximate surface area is 70.2 Å². The van der Waals surface area contributed by atoms with Gasteiger partial charge in [-0.3, -0.25) is 0 Å². The van der Waals surface area contributed by atoms with E-state index in [-0.39, 0.29) is 0 Å². The predicted molar refractivity (Wildman–Crippen MR) is 39.2 cm³/mol. The number of ether oxygens (including phenoxy) is 1. The number of hydrogen-bond acceptors (Lipinski definition) is 5. The zero-order valence-electron chi connectivity index (χ0n) is 6.79. The van der Waals surface area contributed by atoms with Crippen molar-refractivity contribution >= 4 is 0 Å². The molecule has 0 bridgehead atoms. The molecule has 72 valence electrons.